The average Bonchev–Trinajstić information content (AvgIpc) is 2.76. The van der Waals surface area contributed by atoms with Gasteiger partial charge in [-0.2, -0.15) is 5.10 Å². The number of ether oxygens (including phenoxy) is 2. The Labute approximate surface area is 200 Å². The number of hydrazone groups is 1. The summed E-state index contributed by atoms with van der Waals surface area (Å²) in [7, 11) is 0. The van der Waals surface area contributed by atoms with Crippen LogP contribution in [-0.2, 0) is 4.79 Å². The fourth-order valence-electron chi connectivity index (χ4n) is 2.42. The molecule has 158 valence electrons. The third kappa shape index (κ3) is 6.65. The smallest absolute Gasteiger partial charge is 0.343 e. The summed E-state index contributed by atoms with van der Waals surface area (Å²) in [5.41, 5.74) is 3.24. The van der Waals surface area contributed by atoms with Gasteiger partial charge in [-0.05, 0) is 52.3 Å². The van der Waals surface area contributed by atoms with Crippen molar-refractivity contribution in [3.05, 3.63) is 91.8 Å². The summed E-state index contributed by atoms with van der Waals surface area (Å²) in [5.74, 6) is -0.333. The van der Waals surface area contributed by atoms with Crippen molar-refractivity contribution >= 4 is 61.6 Å². The van der Waals surface area contributed by atoms with Gasteiger partial charge in [0.15, 0.2) is 12.4 Å². The molecule has 0 aromatic heterocycles. The molecule has 0 fully saturated rings. The molecule has 0 aliphatic rings. The number of halogens is 3. The molecule has 0 radical (unpaired) electrons. The van der Waals surface area contributed by atoms with Crippen LogP contribution in [0.5, 0.6) is 11.5 Å². The maximum absolute atomic E-state index is 12.4. The van der Waals surface area contributed by atoms with Crippen LogP contribution in [0.2, 0.25) is 5.02 Å². The van der Waals surface area contributed by atoms with Crippen LogP contribution in [0.4, 0.5) is 0 Å². The molecule has 1 amide bonds. The lowest BCUT2D eigenvalue weighted by Gasteiger charge is -2.10. The Morgan fingerprint density at radius 2 is 1.74 bits per heavy atom. The number of esters is 1. The van der Waals surface area contributed by atoms with E-state index in [1.165, 1.54) is 6.21 Å². The van der Waals surface area contributed by atoms with Gasteiger partial charge in [0.05, 0.1) is 21.3 Å². The Morgan fingerprint density at radius 1 is 1.03 bits per heavy atom. The Morgan fingerprint density at radius 3 is 2.48 bits per heavy atom. The van der Waals surface area contributed by atoms with Crippen molar-refractivity contribution in [1.82, 2.24) is 5.43 Å². The fraction of sp³-hybridized carbons (Fsp3) is 0.0455. The first-order valence-corrected chi connectivity index (χ1v) is 10.9. The highest BCUT2D eigenvalue weighted by Gasteiger charge is 2.15. The molecule has 9 heteroatoms. The van der Waals surface area contributed by atoms with E-state index in [-0.39, 0.29) is 12.4 Å². The summed E-state index contributed by atoms with van der Waals surface area (Å²) in [6, 6.07) is 18.9. The summed E-state index contributed by atoms with van der Waals surface area (Å²) in [6.07, 6.45) is 1.37. The number of para-hydroxylation sites is 1. The van der Waals surface area contributed by atoms with E-state index in [0.29, 0.717) is 26.4 Å². The minimum Gasteiger partial charge on any atom is -0.482 e. The second-order valence-electron chi connectivity index (χ2n) is 6.07. The predicted octanol–water partition coefficient (Wildman–Crippen LogP) is 5.61. The fourth-order valence-corrected chi connectivity index (χ4v) is 3.95. The van der Waals surface area contributed by atoms with Gasteiger partial charge >= 0.3 is 5.97 Å². The Balaban J connectivity index is 1.67. The van der Waals surface area contributed by atoms with Gasteiger partial charge in [-0.1, -0.05) is 57.9 Å². The third-order valence-corrected chi connectivity index (χ3v) is 5.19. The van der Waals surface area contributed by atoms with Crippen LogP contribution in [0.3, 0.4) is 0 Å². The molecule has 0 heterocycles. The summed E-state index contributed by atoms with van der Waals surface area (Å²) in [6.45, 7) is -0.265. The zero-order valence-corrected chi connectivity index (χ0v) is 19.8. The van der Waals surface area contributed by atoms with E-state index in [0.717, 1.165) is 4.47 Å². The molecule has 6 nitrogen and oxygen atoms in total. The van der Waals surface area contributed by atoms with Crippen LogP contribution in [-0.4, -0.2) is 24.7 Å². The molecular weight excluding hydrogens is 552 g/mol. The summed E-state index contributed by atoms with van der Waals surface area (Å²) in [5, 5.41) is 4.33. The van der Waals surface area contributed by atoms with Gasteiger partial charge in [0.2, 0.25) is 0 Å². The van der Waals surface area contributed by atoms with Crippen molar-refractivity contribution in [3.8, 4) is 11.5 Å². The van der Waals surface area contributed by atoms with Crippen molar-refractivity contribution in [3.63, 3.8) is 0 Å². The van der Waals surface area contributed by atoms with E-state index >= 15 is 0 Å². The lowest BCUT2D eigenvalue weighted by Crippen LogP contribution is -2.24. The number of benzene rings is 3. The van der Waals surface area contributed by atoms with Crippen molar-refractivity contribution < 1.29 is 19.1 Å². The summed E-state index contributed by atoms with van der Waals surface area (Å²) < 4.78 is 12.2. The summed E-state index contributed by atoms with van der Waals surface area (Å²) >= 11 is 12.8. The molecule has 0 atom stereocenters. The zero-order valence-electron chi connectivity index (χ0n) is 15.8. The largest absolute Gasteiger partial charge is 0.482 e. The van der Waals surface area contributed by atoms with Gasteiger partial charge < -0.3 is 9.47 Å². The SMILES string of the molecule is O=C(COc1ccccc1Cl)N/N=C/c1cc(Br)cc(Br)c1OC(=O)c1ccccc1. The number of nitrogens with one attached hydrogen (secondary N) is 1. The monoisotopic (exact) mass is 564 g/mol. The van der Waals surface area contributed by atoms with Crippen LogP contribution in [0, 0.1) is 0 Å². The number of hydrogen-bond donors (Lipinski definition) is 1. The molecule has 1 N–H and O–H groups in total. The first-order chi connectivity index (χ1) is 14.9. The van der Waals surface area contributed by atoms with Gasteiger partial charge in [0, 0.05) is 10.0 Å². The number of nitrogens with zero attached hydrogens (tertiary/aromatic N) is 1. The highest BCUT2D eigenvalue weighted by Crippen LogP contribution is 2.32. The molecule has 0 saturated carbocycles. The lowest BCUT2D eigenvalue weighted by atomic mass is 10.2. The van der Waals surface area contributed by atoms with Crippen LogP contribution in [0.25, 0.3) is 0 Å². The predicted molar refractivity (Wildman–Crippen MR) is 126 cm³/mol. The first-order valence-electron chi connectivity index (χ1n) is 8.89. The number of hydrogen-bond acceptors (Lipinski definition) is 5. The van der Waals surface area contributed by atoms with Gasteiger partial charge in [0.1, 0.15) is 5.75 Å². The molecule has 0 bridgehead atoms. The van der Waals surface area contributed by atoms with E-state index in [2.05, 4.69) is 42.4 Å². The van der Waals surface area contributed by atoms with E-state index in [1.807, 2.05) is 6.07 Å². The van der Waals surface area contributed by atoms with Crippen LogP contribution < -0.4 is 14.9 Å². The second kappa shape index (κ2) is 11.1. The van der Waals surface area contributed by atoms with E-state index < -0.39 is 11.9 Å². The normalized spacial score (nSPS) is 10.7. The standard InChI is InChI=1S/C22H15Br2ClN2O4/c23-16-10-15(12-26-27-20(28)13-30-19-9-5-4-8-18(19)25)21(17(24)11-16)31-22(29)14-6-2-1-3-7-14/h1-12H,13H2,(H,27,28)/b26-12+. The van der Waals surface area contributed by atoms with Gasteiger partial charge in [-0.25, -0.2) is 10.2 Å². The number of amides is 1. The van der Waals surface area contributed by atoms with Crippen molar-refractivity contribution in [2.75, 3.05) is 6.61 Å². The highest BCUT2D eigenvalue weighted by molar-refractivity contribution is 9.11. The third-order valence-electron chi connectivity index (χ3n) is 3.83. The maximum atomic E-state index is 12.4. The van der Waals surface area contributed by atoms with E-state index in [1.54, 1.807) is 60.7 Å². The van der Waals surface area contributed by atoms with E-state index in [4.69, 9.17) is 21.1 Å². The molecule has 0 spiro atoms. The first kappa shape index (κ1) is 23.0. The maximum Gasteiger partial charge on any atom is 0.343 e. The molecule has 3 aromatic rings. The van der Waals surface area contributed by atoms with Gasteiger partial charge in [-0.3, -0.25) is 4.79 Å². The Bertz CT molecular complexity index is 1120. The highest BCUT2D eigenvalue weighted by atomic mass is 79.9. The molecule has 0 unspecified atom stereocenters. The molecule has 31 heavy (non-hydrogen) atoms. The number of carbonyl (C=O) groups excluding carboxylic acids is 2. The Kier molecular flexibility index (Phi) is 8.22. The molecule has 0 aliphatic carbocycles. The van der Waals surface area contributed by atoms with Crippen molar-refractivity contribution in [2.24, 2.45) is 5.10 Å². The van der Waals surface area contributed by atoms with Crippen LogP contribution in [0.1, 0.15) is 15.9 Å². The minimum atomic E-state index is -0.518. The van der Waals surface area contributed by atoms with Crippen molar-refractivity contribution in [2.45, 2.75) is 0 Å². The molecule has 3 rings (SSSR count). The Hall–Kier alpha value is -2.68. The summed E-state index contributed by atoms with van der Waals surface area (Å²) in [4.78, 5) is 24.4. The molecule has 0 saturated heterocycles. The van der Waals surface area contributed by atoms with Gasteiger partial charge in [0.25, 0.3) is 5.91 Å². The number of carbonyl (C=O) groups is 2. The van der Waals surface area contributed by atoms with Crippen LogP contribution in [0.15, 0.2) is 80.8 Å². The van der Waals surface area contributed by atoms with Crippen LogP contribution >= 0.6 is 43.5 Å². The quantitative estimate of drug-likeness (QED) is 0.175. The lowest BCUT2D eigenvalue weighted by molar-refractivity contribution is -0.123. The molecule has 3 aromatic carbocycles. The van der Waals surface area contributed by atoms with Crippen molar-refractivity contribution in [1.29, 1.82) is 0 Å². The average molecular weight is 567 g/mol. The zero-order chi connectivity index (χ0) is 22.2. The topological polar surface area (TPSA) is 77.0 Å². The molecule has 0 aliphatic heterocycles. The van der Waals surface area contributed by atoms with E-state index in [9.17, 15) is 9.59 Å². The number of rotatable bonds is 7. The van der Waals surface area contributed by atoms with Gasteiger partial charge in [-0.15, -0.1) is 0 Å². The second-order valence-corrected chi connectivity index (χ2v) is 8.25. The minimum absolute atomic E-state index is 0.265. The molecular formula is C22H15Br2ClN2O4.